The van der Waals surface area contributed by atoms with E-state index in [0.29, 0.717) is 27.6 Å². The summed E-state index contributed by atoms with van der Waals surface area (Å²) in [7, 11) is 0. The maximum Gasteiger partial charge on any atom is 0.131 e. The van der Waals surface area contributed by atoms with Crippen LogP contribution in [0.3, 0.4) is 0 Å². The zero-order chi connectivity index (χ0) is 34.5. The van der Waals surface area contributed by atoms with Crippen LogP contribution in [0.1, 0.15) is 11.1 Å². The molecule has 0 unspecified atom stereocenters. The Morgan fingerprint density at radius 1 is 0.360 bits per heavy atom. The molecule has 50 heavy (non-hydrogen) atoms. The monoisotopic (exact) mass is 650 g/mol. The number of aryl methyl sites for hydroxylation is 2. The summed E-state index contributed by atoms with van der Waals surface area (Å²) in [6.45, 7) is 3.92. The number of phenolic OH excluding ortho intramolecular Hbond substituents is 4. The van der Waals surface area contributed by atoms with Gasteiger partial charge in [0.2, 0.25) is 0 Å². The molecule has 4 nitrogen and oxygen atoms in total. The molecule has 0 saturated heterocycles. The van der Waals surface area contributed by atoms with Crippen LogP contribution in [0.15, 0.2) is 146 Å². The van der Waals surface area contributed by atoms with Gasteiger partial charge in [-0.25, -0.2) is 0 Å². The van der Waals surface area contributed by atoms with Crippen molar-refractivity contribution in [2.45, 2.75) is 13.8 Å². The highest BCUT2D eigenvalue weighted by Gasteiger charge is 2.23. The third kappa shape index (κ3) is 5.10. The Balaban J connectivity index is 1.31. The van der Waals surface area contributed by atoms with Gasteiger partial charge in [-0.3, -0.25) is 0 Å². The SMILES string of the molecule is Cc1cc2cc(-c3cc(O)c(-c4c(O)cccc4-c4ccccc4)c(-c4ccccc4)c3)ccc2c(O)c1-c1c(O)cc2ccccc2c1C. The summed E-state index contributed by atoms with van der Waals surface area (Å²) in [6.07, 6.45) is 0. The van der Waals surface area contributed by atoms with Gasteiger partial charge in [0.15, 0.2) is 0 Å². The van der Waals surface area contributed by atoms with Crippen molar-refractivity contribution in [3.8, 4) is 78.6 Å². The molecule has 8 rings (SSSR count). The lowest BCUT2D eigenvalue weighted by Gasteiger charge is -2.20. The number of aromatic hydroxyl groups is 4. The molecule has 0 aliphatic heterocycles. The molecule has 0 spiro atoms. The molecule has 0 radical (unpaired) electrons. The van der Waals surface area contributed by atoms with Crippen LogP contribution >= 0.6 is 0 Å². The van der Waals surface area contributed by atoms with Gasteiger partial charge in [-0.1, -0.05) is 115 Å². The molecule has 4 heteroatoms. The molecule has 0 fully saturated rings. The zero-order valence-electron chi connectivity index (χ0n) is 27.6. The predicted octanol–water partition coefficient (Wildman–Crippen LogP) is 11.8. The first-order valence-electron chi connectivity index (χ1n) is 16.6. The summed E-state index contributed by atoms with van der Waals surface area (Å²) in [5, 5.41) is 49.5. The van der Waals surface area contributed by atoms with Gasteiger partial charge in [-0.05, 0) is 105 Å². The fourth-order valence-corrected chi connectivity index (χ4v) is 7.41. The minimum Gasteiger partial charge on any atom is -0.507 e. The van der Waals surface area contributed by atoms with Crippen LogP contribution in [-0.2, 0) is 0 Å². The highest BCUT2D eigenvalue weighted by Crippen LogP contribution is 2.50. The number of fused-ring (bicyclic) bond motifs is 2. The molecule has 0 atom stereocenters. The summed E-state index contributed by atoms with van der Waals surface area (Å²) in [5.41, 5.74) is 9.11. The maximum absolute atomic E-state index is 11.9. The highest BCUT2D eigenvalue weighted by molar-refractivity contribution is 6.04. The third-order valence-electron chi connectivity index (χ3n) is 9.76. The smallest absolute Gasteiger partial charge is 0.131 e. The van der Waals surface area contributed by atoms with Crippen LogP contribution < -0.4 is 0 Å². The van der Waals surface area contributed by atoms with E-state index >= 15 is 0 Å². The van der Waals surface area contributed by atoms with Gasteiger partial charge in [0, 0.05) is 27.6 Å². The van der Waals surface area contributed by atoms with Crippen LogP contribution in [0, 0.1) is 13.8 Å². The maximum atomic E-state index is 11.9. The van der Waals surface area contributed by atoms with E-state index in [2.05, 4.69) is 0 Å². The molecule has 242 valence electrons. The van der Waals surface area contributed by atoms with Crippen molar-refractivity contribution in [3.63, 3.8) is 0 Å². The average Bonchev–Trinajstić information content (AvgIpc) is 3.13. The quantitative estimate of drug-likeness (QED) is 0.149. The van der Waals surface area contributed by atoms with Crippen molar-refractivity contribution in [1.29, 1.82) is 0 Å². The minimum absolute atomic E-state index is 0.0387. The molecule has 0 heterocycles. The molecule has 4 N–H and O–H groups in total. The van der Waals surface area contributed by atoms with Crippen molar-refractivity contribution in [2.24, 2.45) is 0 Å². The third-order valence-corrected chi connectivity index (χ3v) is 9.76. The van der Waals surface area contributed by atoms with Crippen molar-refractivity contribution in [3.05, 3.63) is 157 Å². The molecule has 8 aromatic rings. The summed E-state index contributed by atoms with van der Waals surface area (Å²) < 4.78 is 0. The van der Waals surface area contributed by atoms with Gasteiger partial charge in [0.05, 0.1) is 0 Å². The number of hydrogen-bond acceptors (Lipinski definition) is 4. The van der Waals surface area contributed by atoms with Gasteiger partial charge >= 0.3 is 0 Å². The molecule has 0 bridgehead atoms. The Hall–Kier alpha value is -6.52. The molecule has 0 aromatic heterocycles. The first kappa shape index (κ1) is 30.8. The van der Waals surface area contributed by atoms with Crippen LogP contribution in [0.2, 0.25) is 0 Å². The second kappa shape index (κ2) is 12.2. The number of benzene rings is 8. The molecule has 8 aromatic carbocycles. The summed E-state index contributed by atoms with van der Waals surface area (Å²) in [5.74, 6) is 0.347. The Bertz CT molecular complexity index is 2590. The fraction of sp³-hybridized carbons (Fsp3) is 0.0435. The average molecular weight is 651 g/mol. The van der Waals surface area contributed by atoms with Gasteiger partial charge in [0.1, 0.15) is 23.0 Å². The van der Waals surface area contributed by atoms with Crippen molar-refractivity contribution in [1.82, 2.24) is 0 Å². The second-order valence-electron chi connectivity index (χ2n) is 12.8. The van der Waals surface area contributed by atoms with Crippen molar-refractivity contribution < 1.29 is 20.4 Å². The van der Waals surface area contributed by atoms with E-state index in [1.165, 1.54) is 0 Å². The Kier molecular flexibility index (Phi) is 7.50. The highest BCUT2D eigenvalue weighted by atomic mass is 16.3. The van der Waals surface area contributed by atoms with Crippen molar-refractivity contribution >= 4 is 21.5 Å². The van der Waals surface area contributed by atoms with E-state index in [1.807, 2.05) is 141 Å². The topological polar surface area (TPSA) is 80.9 Å². The summed E-state index contributed by atoms with van der Waals surface area (Å²) in [4.78, 5) is 0. The Morgan fingerprint density at radius 2 is 1.00 bits per heavy atom. The van der Waals surface area contributed by atoms with Gasteiger partial charge in [-0.2, -0.15) is 0 Å². The minimum atomic E-state index is 0.0387. The van der Waals surface area contributed by atoms with Crippen LogP contribution in [0.5, 0.6) is 23.0 Å². The van der Waals surface area contributed by atoms with E-state index in [1.54, 1.807) is 18.2 Å². The van der Waals surface area contributed by atoms with Crippen molar-refractivity contribution in [2.75, 3.05) is 0 Å². The van der Waals surface area contributed by atoms with Crippen LogP contribution in [0.25, 0.3) is 77.2 Å². The largest absolute Gasteiger partial charge is 0.507 e. The van der Waals surface area contributed by atoms with Gasteiger partial charge < -0.3 is 20.4 Å². The van der Waals surface area contributed by atoms with Crippen LogP contribution in [0.4, 0.5) is 0 Å². The Morgan fingerprint density at radius 3 is 1.74 bits per heavy atom. The van der Waals surface area contributed by atoms with E-state index in [9.17, 15) is 20.4 Å². The zero-order valence-corrected chi connectivity index (χ0v) is 27.6. The molecular formula is C46H34O4. The fourth-order valence-electron chi connectivity index (χ4n) is 7.41. The molecule has 0 aliphatic carbocycles. The number of rotatable bonds is 5. The normalized spacial score (nSPS) is 11.3. The van der Waals surface area contributed by atoms with Crippen LogP contribution in [-0.4, -0.2) is 20.4 Å². The molecule has 0 aliphatic rings. The molecule has 0 saturated carbocycles. The van der Waals surface area contributed by atoms with E-state index < -0.39 is 0 Å². The van der Waals surface area contributed by atoms with Gasteiger partial charge in [-0.15, -0.1) is 0 Å². The molecular weight excluding hydrogens is 617 g/mol. The standard InChI is InChI=1S/C46H34O4/c1-27-22-34-23-31(20-21-37(34)46(50)42(27)43-28(2)35-17-10-9-16-32(35)25-40(43)48)33-24-38(30-14-7-4-8-15-30)45(41(49)26-33)44-36(18-11-19-39(44)47)29-12-5-3-6-13-29/h3-26,47-50H,1-2H3. The number of phenols is 4. The van der Waals surface area contributed by atoms with Gasteiger partial charge in [0.25, 0.3) is 0 Å². The van der Waals surface area contributed by atoms with E-state index in [4.69, 9.17) is 0 Å². The summed E-state index contributed by atoms with van der Waals surface area (Å²) >= 11 is 0. The molecule has 0 amide bonds. The second-order valence-corrected chi connectivity index (χ2v) is 12.8. The lowest BCUT2D eigenvalue weighted by Crippen LogP contribution is -1.94. The van der Waals surface area contributed by atoms with E-state index in [-0.39, 0.29) is 23.0 Å². The lowest BCUT2D eigenvalue weighted by atomic mass is 9.85. The first-order valence-corrected chi connectivity index (χ1v) is 16.6. The number of hydrogen-bond donors (Lipinski definition) is 4. The first-order chi connectivity index (χ1) is 24.3. The summed E-state index contributed by atoms with van der Waals surface area (Å²) in [6, 6.07) is 46.5. The lowest BCUT2D eigenvalue weighted by molar-refractivity contribution is 0.469. The predicted molar refractivity (Wildman–Crippen MR) is 205 cm³/mol. The van der Waals surface area contributed by atoms with E-state index in [0.717, 1.165) is 60.7 Å². The Labute approximate surface area is 290 Å².